The van der Waals surface area contributed by atoms with Crippen molar-refractivity contribution in [3.63, 3.8) is 0 Å². The minimum absolute atomic E-state index is 0.0831. The molecule has 342 valence electrons. The van der Waals surface area contributed by atoms with E-state index >= 15 is 0 Å². The number of methoxy groups -OCH3 is 1. The first kappa shape index (κ1) is 47.1. The zero-order valence-corrected chi connectivity index (χ0v) is 37.4. The van der Waals surface area contributed by atoms with E-state index in [1.165, 1.54) is 25.3 Å². The van der Waals surface area contributed by atoms with E-state index in [4.69, 9.17) is 4.74 Å². The monoisotopic (exact) mass is 965 g/mol. The van der Waals surface area contributed by atoms with Crippen LogP contribution in [0.25, 0.3) is 10.8 Å². The Bertz CT molecular complexity index is 3570. The number of benzene rings is 7. The summed E-state index contributed by atoms with van der Waals surface area (Å²) in [6.45, 7) is 3.44. The maximum Gasteiger partial charge on any atom is 0.296 e. The van der Waals surface area contributed by atoms with Gasteiger partial charge in [-0.15, -0.1) is 20.5 Å². The summed E-state index contributed by atoms with van der Waals surface area (Å²) in [5, 5.41) is 58.5. The number of para-hydroxylation sites is 1. The standard InChI is InChI=1S/C43H35N9O12S3/c1-24-17-30(10-14-33(24)47-45-29-11-15-34(25(2)18-29)48-49-35-16-12-31(65(55,56)57)21-40(35)66(58,59)60)46-51-37-22-38(53)36(23-39(37)64-3)50-52-42-41(67(61,62)63)20-26-19-28(9-13-32(26)43(42)54)44-27-7-5-4-6-8-27/h4-23,44,53-54H,1-3H3,(H,55,56,57)(H,58,59,60)(H,61,62,63). The van der Waals surface area contributed by atoms with Crippen molar-refractivity contribution in [2.24, 2.45) is 40.9 Å². The van der Waals surface area contributed by atoms with Gasteiger partial charge in [0.15, 0.2) is 5.75 Å². The van der Waals surface area contributed by atoms with Crippen molar-refractivity contribution in [3.8, 4) is 17.2 Å². The van der Waals surface area contributed by atoms with Crippen LogP contribution in [0.3, 0.4) is 0 Å². The van der Waals surface area contributed by atoms with Gasteiger partial charge in [0.2, 0.25) is 0 Å². The van der Waals surface area contributed by atoms with Crippen molar-refractivity contribution in [1.29, 1.82) is 0 Å². The second-order valence-electron chi connectivity index (χ2n) is 14.3. The molecule has 0 aliphatic heterocycles. The number of azo groups is 4. The predicted molar refractivity (Wildman–Crippen MR) is 245 cm³/mol. The van der Waals surface area contributed by atoms with Crippen LogP contribution in [0.15, 0.2) is 177 Å². The Morgan fingerprint density at radius 1 is 0.493 bits per heavy atom. The van der Waals surface area contributed by atoms with Gasteiger partial charge < -0.3 is 20.3 Å². The number of aromatic hydroxyl groups is 2. The van der Waals surface area contributed by atoms with E-state index in [9.17, 15) is 49.1 Å². The minimum Gasteiger partial charge on any atom is -0.506 e. The quantitative estimate of drug-likeness (QED) is 0.0437. The summed E-state index contributed by atoms with van der Waals surface area (Å²) < 4.78 is 106. The number of fused-ring (bicyclic) bond motifs is 1. The van der Waals surface area contributed by atoms with Crippen LogP contribution in [0.4, 0.5) is 56.9 Å². The molecular formula is C43H35N9O12S3. The third-order valence-electron chi connectivity index (χ3n) is 9.60. The molecule has 0 amide bonds. The summed E-state index contributed by atoms with van der Waals surface area (Å²) in [5.41, 5.74) is 3.09. The molecule has 6 N–H and O–H groups in total. The molecule has 0 aliphatic rings. The summed E-state index contributed by atoms with van der Waals surface area (Å²) in [5.74, 6) is -0.948. The number of hydrogen-bond acceptors (Lipinski definition) is 18. The second kappa shape index (κ2) is 18.9. The molecule has 24 heteroatoms. The highest BCUT2D eigenvalue weighted by Gasteiger charge is 2.23. The van der Waals surface area contributed by atoms with Crippen molar-refractivity contribution in [2.75, 3.05) is 12.4 Å². The van der Waals surface area contributed by atoms with Crippen LogP contribution in [-0.4, -0.2) is 56.2 Å². The summed E-state index contributed by atoms with van der Waals surface area (Å²) >= 11 is 0. The lowest BCUT2D eigenvalue weighted by atomic mass is 10.1. The molecule has 0 saturated carbocycles. The van der Waals surface area contributed by atoms with E-state index in [0.717, 1.165) is 23.9 Å². The Morgan fingerprint density at radius 3 is 1.64 bits per heavy atom. The van der Waals surface area contributed by atoms with Gasteiger partial charge >= 0.3 is 0 Å². The fraction of sp³-hybridized carbons (Fsp3) is 0.0698. The molecule has 0 heterocycles. The van der Waals surface area contributed by atoms with Gasteiger partial charge in [0, 0.05) is 28.9 Å². The van der Waals surface area contributed by atoms with Crippen molar-refractivity contribution < 1.29 is 53.9 Å². The topological polar surface area (TPSA) is 324 Å². The molecule has 0 saturated heterocycles. The fourth-order valence-electron chi connectivity index (χ4n) is 6.29. The van der Waals surface area contributed by atoms with Gasteiger partial charge in [-0.1, -0.05) is 18.2 Å². The van der Waals surface area contributed by atoms with E-state index in [1.54, 1.807) is 62.4 Å². The average molecular weight is 966 g/mol. The normalized spacial score (nSPS) is 12.6. The molecule has 0 spiro atoms. The Balaban J connectivity index is 1.06. The number of phenols is 2. The number of anilines is 2. The van der Waals surface area contributed by atoms with Crippen LogP contribution in [0, 0.1) is 13.8 Å². The first-order valence-corrected chi connectivity index (χ1v) is 23.5. The molecule has 21 nitrogen and oxygen atoms in total. The summed E-state index contributed by atoms with van der Waals surface area (Å²) in [6, 6.07) is 29.7. The highest BCUT2D eigenvalue weighted by molar-refractivity contribution is 7.87. The zero-order valence-electron chi connectivity index (χ0n) is 34.9. The van der Waals surface area contributed by atoms with E-state index in [-0.39, 0.29) is 39.3 Å². The van der Waals surface area contributed by atoms with Crippen LogP contribution in [0.2, 0.25) is 0 Å². The molecule has 7 rings (SSSR count). The van der Waals surface area contributed by atoms with Crippen molar-refractivity contribution >= 4 is 98.0 Å². The SMILES string of the molecule is COc1cc(N=Nc2c(S(=O)(=O)O)cc3cc(Nc4ccccc4)ccc3c2O)c(O)cc1N=Nc1ccc(N=Nc2ccc(N=Nc3ccc(S(=O)(=O)O)cc3S(=O)(=O)O)c(C)c2)c(C)c1. The Kier molecular flexibility index (Phi) is 13.3. The zero-order chi connectivity index (χ0) is 48.3. The predicted octanol–water partition coefficient (Wildman–Crippen LogP) is 12.0. The van der Waals surface area contributed by atoms with Crippen LogP contribution in [-0.2, 0) is 30.4 Å². The van der Waals surface area contributed by atoms with Gasteiger partial charge in [-0.2, -0.15) is 45.7 Å². The molecule has 67 heavy (non-hydrogen) atoms. The Hall–Kier alpha value is -7.87. The van der Waals surface area contributed by atoms with Crippen molar-refractivity contribution in [3.05, 3.63) is 132 Å². The molecule has 7 aromatic rings. The van der Waals surface area contributed by atoms with Gasteiger partial charge in [-0.3, -0.25) is 13.7 Å². The third kappa shape index (κ3) is 11.2. The van der Waals surface area contributed by atoms with Crippen LogP contribution >= 0.6 is 0 Å². The van der Waals surface area contributed by atoms with Crippen LogP contribution < -0.4 is 10.1 Å². The van der Waals surface area contributed by atoms with Crippen molar-refractivity contribution in [1.82, 2.24) is 0 Å². The number of nitrogens with one attached hydrogen (secondary N) is 1. The molecule has 0 fully saturated rings. The van der Waals surface area contributed by atoms with Gasteiger partial charge in [0.1, 0.15) is 44.0 Å². The smallest absolute Gasteiger partial charge is 0.296 e. The van der Waals surface area contributed by atoms with Crippen LogP contribution in [0.5, 0.6) is 17.2 Å². The third-order valence-corrected chi connectivity index (χ3v) is 12.2. The first-order chi connectivity index (χ1) is 31.7. The number of phenolic OH excluding ortho intramolecular Hbond substituents is 2. The largest absolute Gasteiger partial charge is 0.506 e. The Morgan fingerprint density at radius 2 is 1.06 bits per heavy atom. The highest BCUT2D eigenvalue weighted by atomic mass is 32.2. The average Bonchev–Trinajstić information content (AvgIpc) is 3.27. The summed E-state index contributed by atoms with van der Waals surface area (Å²) in [4.78, 5) is -2.36. The second-order valence-corrected chi connectivity index (χ2v) is 18.5. The molecule has 0 bridgehead atoms. The molecule has 0 aromatic heterocycles. The number of hydrogen-bond donors (Lipinski definition) is 6. The molecule has 0 radical (unpaired) electrons. The van der Waals surface area contributed by atoms with E-state index < -0.39 is 62.2 Å². The van der Waals surface area contributed by atoms with E-state index in [1.807, 2.05) is 30.3 Å². The van der Waals surface area contributed by atoms with Gasteiger partial charge in [-0.25, -0.2) is 0 Å². The van der Waals surface area contributed by atoms with Gasteiger partial charge in [-0.05, 0) is 121 Å². The minimum atomic E-state index is -4.94. The lowest BCUT2D eigenvalue weighted by molar-refractivity contribution is 0.413. The fourth-order valence-corrected chi connectivity index (χ4v) is 8.17. The van der Waals surface area contributed by atoms with E-state index in [0.29, 0.717) is 39.9 Å². The maximum atomic E-state index is 12.5. The highest BCUT2D eigenvalue weighted by Crippen LogP contribution is 2.45. The number of rotatable bonds is 14. The Labute approximate surface area is 381 Å². The van der Waals surface area contributed by atoms with Crippen LogP contribution in [0.1, 0.15) is 11.1 Å². The molecule has 0 atom stereocenters. The number of ether oxygens (including phenoxy) is 1. The number of nitrogens with zero attached hydrogens (tertiary/aromatic N) is 8. The van der Waals surface area contributed by atoms with Gasteiger partial charge in [0.05, 0.1) is 34.8 Å². The molecular weight excluding hydrogens is 931 g/mol. The summed E-state index contributed by atoms with van der Waals surface area (Å²) in [7, 11) is -13.3. The van der Waals surface area contributed by atoms with E-state index in [2.05, 4.69) is 46.2 Å². The van der Waals surface area contributed by atoms with Crippen molar-refractivity contribution in [2.45, 2.75) is 28.5 Å². The lowest BCUT2D eigenvalue weighted by Crippen LogP contribution is -2.03. The molecule has 0 unspecified atom stereocenters. The number of aryl methyl sites for hydroxylation is 2. The maximum absolute atomic E-state index is 12.5. The first-order valence-electron chi connectivity index (χ1n) is 19.2. The lowest BCUT2D eigenvalue weighted by Gasteiger charge is -2.12. The van der Waals surface area contributed by atoms with Gasteiger partial charge in [0.25, 0.3) is 30.4 Å². The molecule has 0 aliphatic carbocycles. The molecule has 7 aromatic carbocycles. The summed E-state index contributed by atoms with van der Waals surface area (Å²) in [6.07, 6.45) is 0.